The van der Waals surface area contributed by atoms with Crippen LogP contribution in [0.2, 0.25) is 0 Å². The number of hydrogen-bond donors (Lipinski definition) is 0. The van der Waals surface area contributed by atoms with E-state index >= 15 is 0 Å². The van der Waals surface area contributed by atoms with Gasteiger partial charge in [-0.25, -0.2) is 0 Å². The highest BCUT2D eigenvalue weighted by molar-refractivity contribution is 5.82. The fraction of sp³-hybridized carbons (Fsp3) is 0.692. The number of hydrogen-bond acceptors (Lipinski definition) is 4. The Hall–Kier alpha value is -1.52. The maximum Gasteiger partial charge on any atom is 0.141 e. The van der Waals surface area contributed by atoms with E-state index in [-0.39, 0.29) is 17.5 Å². The van der Waals surface area contributed by atoms with Crippen molar-refractivity contribution < 1.29 is 9.59 Å². The summed E-state index contributed by atoms with van der Waals surface area (Å²) in [6.45, 7) is 6.27. The summed E-state index contributed by atoms with van der Waals surface area (Å²) < 4.78 is 1.64. The van der Waals surface area contributed by atoms with Crippen molar-refractivity contribution in [2.45, 2.75) is 53.0 Å². The van der Waals surface area contributed by atoms with Gasteiger partial charge in [-0.05, 0) is 6.42 Å². The predicted molar refractivity (Wildman–Crippen MR) is 68.1 cm³/mol. The minimum absolute atomic E-state index is 0.0151. The molecule has 0 amide bonds. The second kappa shape index (κ2) is 7.03. The minimum Gasteiger partial charge on any atom is -0.300 e. The van der Waals surface area contributed by atoms with Gasteiger partial charge in [0.25, 0.3) is 0 Å². The van der Waals surface area contributed by atoms with Gasteiger partial charge in [0.15, 0.2) is 0 Å². The van der Waals surface area contributed by atoms with Crippen LogP contribution in [-0.2, 0) is 22.6 Å². The normalized spacial score (nSPS) is 10.9. The fourth-order valence-electron chi connectivity index (χ4n) is 1.55. The molecule has 18 heavy (non-hydrogen) atoms. The molecule has 0 atom stereocenters. The van der Waals surface area contributed by atoms with Crippen molar-refractivity contribution in [3.63, 3.8) is 0 Å². The quantitative estimate of drug-likeness (QED) is 0.706. The molecule has 0 unspecified atom stereocenters. The van der Waals surface area contributed by atoms with Gasteiger partial charge in [-0.3, -0.25) is 14.3 Å². The summed E-state index contributed by atoms with van der Waals surface area (Å²) in [5, 5.41) is 7.87. The van der Waals surface area contributed by atoms with E-state index < -0.39 is 0 Å². The Kier molecular flexibility index (Phi) is 5.68. The molecule has 5 nitrogen and oxygen atoms in total. The molecule has 0 saturated carbocycles. The zero-order chi connectivity index (χ0) is 13.5. The molecule has 0 fully saturated rings. The fourth-order valence-corrected chi connectivity index (χ4v) is 1.55. The van der Waals surface area contributed by atoms with Crippen LogP contribution >= 0.6 is 0 Å². The molecule has 0 bridgehead atoms. The molecule has 0 saturated heterocycles. The van der Waals surface area contributed by atoms with Gasteiger partial charge < -0.3 is 0 Å². The van der Waals surface area contributed by atoms with Gasteiger partial charge in [0.2, 0.25) is 0 Å². The Morgan fingerprint density at radius 1 is 1.33 bits per heavy atom. The third-order valence-corrected chi connectivity index (χ3v) is 2.73. The monoisotopic (exact) mass is 251 g/mol. The summed E-state index contributed by atoms with van der Waals surface area (Å²) >= 11 is 0. The number of ketones is 2. The van der Waals surface area contributed by atoms with Gasteiger partial charge >= 0.3 is 0 Å². The van der Waals surface area contributed by atoms with E-state index in [0.29, 0.717) is 31.5 Å². The Labute approximate surface area is 108 Å². The SMILES string of the molecule is CCCC(=O)CCn1cc(CC(=O)C(C)C)nn1. The van der Waals surface area contributed by atoms with Crippen LogP contribution in [-0.4, -0.2) is 26.6 Å². The van der Waals surface area contributed by atoms with E-state index in [4.69, 9.17) is 0 Å². The summed E-state index contributed by atoms with van der Waals surface area (Å²) in [4.78, 5) is 22.9. The van der Waals surface area contributed by atoms with Crippen molar-refractivity contribution in [1.82, 2.24) is 15.0 Å². The number of aryl methyl sites for hydroxylation is 1. The number of carbonyl (C=O) groups is 2. The molecule has 100 valence electrons. The molecule has 1 heterocycles. The predicted octanol–water partition coefficient (Wildman–Crippen LogP) is 1.80. The maximum absolute atomic E-state index is 11.5. The van der Waals surface area contributed by atoms with Crippen molar-refractivity contribution >= 4 is 11.6 Å². The first-order valence-electron chi connectivity index (χ1n) is 6.46. The number of Topliss-reactive ketones (excluding diaryl/α,β-unsaturated/α-hetero) is 2. The van der Waals surface area contributed by atoms with Crippen molar-refractivity contribution in [3.05, 3.63) is 11.9 Å². The lowest BCUT2D eigenvalue weighted by atomic mass is 10.1. The average molecular weight is 251 g/mol. The standard InChI is InChI=1S/C13H21N3O2/c1-4-5-12(17)6-7-16-9-11(14-15-16)8-13(18)10(2)3/h9-10H,4-8H2,1-3H3. The minimum atomic E-state index is 0.0151. The first-order valence-corrected chi connectivity index (χ1v) is 6.46. The molecule has 1 aromatic heterocycles. The van der Waals surface area contributed by atoms with Crippen LogP contribution in [0.15, 0.2) is 6.20 Å². The molecular weight excluding hydrogens is 230 g/mol. The van der Waals surface area contributed by atoms with Crippen LogP contribution in [0, 0.1) is 5.92 Å². The van der Waals surface area contributed by atoms with Crippen molar-refractivity contribution in [2.75, 3.05) is 0 Å². The third kappa shape index (κ3) is 4.77. The van der Waals surface area contributed by atoms with Gasteiger partial charge in [0.1, 0.15) is 11.6 Å². The highest BCUT2D eigenvalue weighted by Gasteiger charge is 2.11. The maximum atomic E-state index is 11.5. The highest BCUT2D eigenvalue weighted by atomic mass is 16.1. The number of rotatable bonds is 8. The van der Waals surface area contributed by atoms with Crippen LogP contribution < -0.4 is 0 Å². The topological polar surface area (TPSA) is 64.8 Å². The van der Waals surface area contributed by atoms with Crippen LogP contribution in [0.4, 0.5) is 0 Å². The van der Waals surface area contributed by atoms with E-state index in [0.717, 1.165) is 6.42 Å². The summed E-state index contributed by atoms with van der Waals surface area (Å²) in [7, 11) is 0. The average Bonchev–Trinajstić information content (AvgIpc) is 2.74. The zero-order valence-electron chi connectivity index (χ0n) is 11.3. The van der Waals surface area contributed by atoms with Crippen LogP contribution in [0.5, 0.6) is 0 Å². The molecule has 0 N–H and O–H groups in total. The second-order valence-electron chi connectivity index (χ2n) is 4.81. The summed E-state index contributed by atoms with van der Waals surface area (Å²) in [5.74, 6) is 0.415. The highest BCUT2D eigenvalue weighted by Crippen LogP contribution is 2.03. The zero-order valence-corrected chi connectivity index (χ0v) is 11.3. The van der Waals surface area contributed by atoms with Crippen LogP contribution in [0.1, 0.15) is 45.7 Å². The second-order valence-corrected chi connectivity index (χ2v) is 4.81. The van der Waals surface area contributed by atoms with E-state index in [9.17, 15) is 9.59 Å². The van der Waals surface area contributed by atoms with Gasteiger partial charge in [0.05, 0.1) is 12.1 Å². The van der Waals surface area contributed by atoms with Crippen molar-refractivity contribution in [1.29, 1.82) is 0 Å². The number of nitrogens with zero attached hydrogens (tertiary/aromatic N) is 3. The Morgan fingerprint density at radius 2 is 2.06 bits per heavy atom. The van der Waals surface area contributed by atoms with Gasteiger partial charge in [0, 0.05) is 31.5 Å². The van der Waals surface area contributed by atoms with Crippen molar-refractivity contribution in [2.24, 2.45) is 5.92 Å². The van der Waals surface area contributed by atoms with E-state index in [1.54, 1.807) is 10.9 Å². The Bertz CT molecular complexity index is 410. The van der Waals surface area contributed by atoms with E-state index in [1.165, 1.54) is 0 Å². The van der Waals surface area contributed by atoms with Gasteiger partial charge in [-0.2, -0.15) is 0 Å². The van der Waals surface area contributed by atoms with Crippen molar-refractivity contribution in [3.8, 4) is 0 Å². The Balaban J connectivity index is 2.43. The number of aromatic nitrogens is 3. The summed E-state index contributed by atoms with van der Waals surface area (Å²) in [6, 6.07) is 0. The number of carbonyl (C=O) groups excluding carboxylic acids is 2. The molecule has 1 rings (SSSR count). The van der Waals surface area contributed by atoms with E-state index in [1.807, 2.05) is 20.8 Å². The largest absolute Gasteiger partial charge is 0.300 e. The van der Waals surface area contributed by atoms with E-state index in [2.05, 4.69) is 10.3 Å². The van der Waals surface area contributed by atoms with Crippen LogP contribution in [0.25, 0.3) is 0 Å². The lowest BCUT2D eigenvalue weighted by Gasteiger charge is -2.00. The summed E-state index contributed by atoms with van der Waals surface area (Å²) in [6.07, 6.45) is 4.05. The molecule has 0 spiro atoms. The van der Waals surface area contributed by atoms with Crippen LogP contribution in [0.3, 0.4) is 0 Å². The lowest BCUT2D eigenvalue weighted by molar-refractivity contribution is -0.121. The van der Waals surface area contributed by atoms with Gasteiger partial charge in [-0.15, -0.1) is 5.10 Å². The molecule has 0 aliphatic heterocycles. The van der Waals surface area contributed by atoms with Gasteiger partial charge in [-0.1, -0.05) is 26.0 Å². The molecular formula is C13H21N3O2. The molecule has 0 aromatic carbocycles. The smallest absolute Gasteiger partial charge is 0.141 e. The Morgan fingerprint density at radius 3 is 2.67 bits per heavy atom. The molecule has 0 aliphatic rings. The molecule has 1 aromatic rings. The summed E-state index contributed by atoms with van der Waals surface area (Å²) in [5.41, 5.74) is 0.677. The first-order chi connectivity index (χ1) is 8.52. The molecule has 0 aliphatic carbocycles. The first kappa shape index (κ1) is 14.5. The molecule has 0 radical (unpaired) electrons. The lowest BCUT2D eigenvalue weighted by Crippen LogP contribution is -2.10. The third-order valence-electron chi connectivity index (χ3n) is 2.73. The molecule has 5 heteroatoms.